The molecule has 8 rings (SSSR count). The van der Waals surface area contributed by atoms with E-state index in [1.54, 1.807) is 13.8 Å². The standard InChI is InChI=1S/C44H59F3N10O6S/c1-42(2,61)28-56-27-31(25-49-56)38-36(44(45,46)47)26-48-41(52-38)50-32-12-18-57(19-13-32)64(62,63)53-33-8-6-29(7-9-33)40(60)55-22-16-43(17-23-55)14-20-54(21-15-43)34-5-3-4-30(24-34)35-10-11-37(58)51-39(35)59/h3-5,24-27,29,32-33,35,53,61H,6-23,28H2,1-2H3,(H,48,50,52)(H,51,58,59). The summed E-state index contributed by atoms with van der Waals surface area (Å²) in [5.74, 6) is -0.738. The summed E-state index contributed by atoms with van der Waals surface area (Å²) in [5, 5.41) is 19.8. The number of alkyl halides is 3. The van der Waals surface area contributed by atoms with Crippen LogP contribution in [0.15, 0.2) is 42.9 Å². The molecule has 5 aliphatic rings. The summed E-state index contributed by atoms with van der Waals surface area (Å²) in [6.07, 6.45) is 6.66. The number of benzene rings is 1. The van der Waals surface area contributed by atoms with Crippen LogP contribution in [0.1, 0.15) is 108 Å². The Balaban J connectivity index is 0.766. The number of nitrogens with one attached hydrogen (secondary N) is 3. The van der Waals surface area contributed by atoms with Crippen molar-refractivity contribution in [3.05, 3.63) is 54.0 Å². The third-order valence-corrected chi connectivity index (χ3v) is 15.6. The van der Waals surface area contributed by atoms with Gasteiger partial charge >= 0.3 is 6.18 Å². The average Bonchev–Trinajstić information content (AvgIpc) is 3.71. The van der Waals surface area contributed by atoms with Crippen LogP contribution in [0.5, 0.6) is 0 Å². The van der Waals surface area contributed by atoms with E-state index in [0.29, 0.717) is 51.4 Å². The van der Waals surface area contributed by atoms with Crippen molar-refractivity contribution in [3.63, 3.8) is 0 Å². The van der Waals surface area contributed by atoms with Crippen molar-refractivity contribution < 1.29 is 41.1 Å². The zero-order valence-electron chi connectivity index (χ0n) is 36.4. The Morgan fingerprint density at radius 1 is 0.922 bits per heavy atom. The number of hydrogen-bond acceptors (Lipinski definition) is 11. The maximum atomic E-state index is 14.0. The molecule has 1 saturated carbocycles. The molecule has 2 aromatic heterocycles. The van der Waals surface area contributed by atoms with E-state index < -0.39 is 27.6 Å². The van der Waals surface area contributed by atoms with E-state index in [1.165, 1.54) is 21.4 Å². The van der Waals surface area contributed by atoms with Gasteiger partial charge in [-0.15, -0.1) is 0 Å². The monoisotopic (exact) mass is 912 g/mol. The maximum absolute atomic E-state index is 14.0. The SMILES string of the molecule is CC(C)(O)Cn1cc(-c2nc(NC3CCN(S(=O)(=O)NC4CCC(C(=O)N5CCC6(CC5)CCN(c5cccc(C7CCC(=O)NC7=O)c5)CC6)CC4)CC3)ncc2C(F)(F)F)cn1. The van der Waals surface area contributed by atoms with E-state index in [9.17, 15) is 41.1 Å². The van der Waals surface area contributed by atoms with Crippen molar-refractivity contribution >= 4 is 39.6 Å². The maximum Gasteiger partial charge on any atom is 0.419 e. The molecule has 3 amide bonds. The molecule has 20 heteroatoms. The number of imide groups is 1. The van der Waals surface area contributed by atoms with Gasteiger partial charge in [-0.2, -0.15) is 35.7 Å². The van der Waals surface area contributed by atoms with E-state index >= 15 is 0 Å². The minimum Gasteiger partial charge on any atom is -0.389 e. The number of nitrogens with zero attached hydrogens (tertiary/aromatic N) is 7. The predicted molar refractivity (Wildman–Crippen MR) is 232 cm³/mol. The summed E-state index contributed by atoms with van der Waals surface area (Å²) >= 11 is 0. The van der Waals surface area contributed by atoms with Gasteiger partial charge in [0.25, 0.3) is 10.2 Å². The number of halogens is 3. The van der Waals surface area contributed by atoms with Gasteiger partial charge in [-0.05, 0) is 108 Å². The molecule has 3 aromatic rings. The van der Waals surface area contributed by atoms with E-state index in [0.717, 1.165) is 69.3 Å². The van der Waals surface area contributed by atoms with Gasteiger partial charge in [0.2, 0.25) is 23.7 Å². The van der Waals surface area contributed by atoms with Crippen LogP contribution in [0.4, 0.5) is 24.8 Å². The first-order chi connectivity index (χ1) is 30.3. The Hall–Kier alpha value is -4.66. The summed E-state index contributed by atoms with van der Waals surface area (Å²) in [6.45, 7) is 6.86. The molecule has 1 unspecified atom stereocenters. The third-order valence-electron chi connectivity index (χ3n) is 13.9. The topological polar surface area (TPSA) is 195 Å². The smallest absolute Gasteiger partial charge is 0.389 e. The zero-order valence-corrected chi connectivity index (χ0v) is 37.3. The second kappa shape index (κ2) is 18.3. The Morgan fingerprint density at radius 3 is 2.27 bits per heavy atom. The van der Waals surface area contributed by atoms with E-state index in [1.807, 2.05) is 17.0 Å². The first-order valence-corrected chi connectivity index (χ1v) is 24.0. The summed E-state index contributed by atoms with van der Waals surface area (Å²) in [7, 11) is -3.82. The molecule has 64 heavy (non-hydrogen) atoms. The fourth-order valence-corrected chi connectivity index (χ4v) is 11.7. The first kappa shape index (κ1) is 45.9. The molecule has 16 nitrogen and oxygen atoms in total. The molecule has 1 atom stereocenters. The quantitative estimate of drug-likeness (QED) is 0.193. The highest BCUT2D eigenvalue weighted by Crippen LogP contribution is 2.43. The Kier molecular flexibility index (Phi) is 13.1. The number of likely N-dealkylation sites (tertiary alicyclic amines) is 1. The lowest BCUT2D eigenvalue weighted by Crippen LogP contribution is -2.52. The Labute approximate surface area is 371 Å². The second-order valence-corrected chi connectivity index (χ2v) is 20.8. The van der Waals surface area contributed by atoms with Crippen molar-refractivity contribution in [2.45, 2.75) is 127 Å². The molecular weight excluding hydrogens is 854 g/mol. The van der Waals surface area contributed by atoms with Crippen LogP contribution in [0.2, 0.25) is 0 Å². The van der Waals surface area contributed by atoms with Crippen LogP contribution in [0.3, 0.4) is 0 Å². The number of aromatic nitrogens is 4. The van der Waals surface area contributed by atoms with Crippen LogP contribution in [-0.4, -0.2) is 117 Å². The van der Waals surface area contributed by atoms with Crippen molar-refractivity contribution in [1.82, 2.24) is 39.0 Å². The van der Waals surface area contributed by atoms with Crippen LogP contribution < -0.4 is 20.3 Å². The number of piperidine rings is 4. The van der Waals surface area contributed by atoms with E-state index in [2.05, 4.69) is 47.5 Å². The summed E-state index contributed by atoms with van der Waals surface area (Å²) < 4.78 is 74.5. The molecule has 1 aromatic carbocycles. The number of anilines is 2. The van der Waals surface area contributed by atoms with Gasteiger partial charge in [0.05, 0.1) is 30.0 Å². The van der Waals surface area contributed by atoms with Crippen LogP contribution in [-0.2, 0) is 37.3 Å². The zero-order chi connectivity index (χ0) is 45.4. The Bertz CT molecular complexity index is 2290. The number of carbonyl (C=O) groups is 3. The molecule has 5 fully saturated rings. The van der Waals surface area contributed by atoms with Gasteiger partial charge < -0.3 is 20.2 Å². The van der Waals surface area contributed by atoms with Crippen molar-refractivity contribution in [2.75, 3.05) is 49.5 Å². The minimum absolute atomic E-state index is 0.0122. The van der Waals surface area contributed by atoms with Gasteiger partial charge in [0.15, 0.2) is 0 Å². The largest absolute Gasteiger partial charge is 0.419 e. The van der Waals surface area contributed by atoms with Crippen molar-refractivity contribution in [3.8, 4) is 11.3 Å². The van der Waals surface area contributed by atoms with Crippen LogP contribution in [0.25, 0.3) is 11.3 Å². The summed E-state index contributed by atoms with van der Waals surface area (Å²) in [6, 6.07) is 7.56. The van der Waals surface area contributed by atoms with Crippen molar-refractivity contribution in [2.24, 2.45) is 11.3 Å². The highest BCUT2D eigenvalue weighted by atomic mass is 32.2. The second-order valence-electron chi connectivity index (χ2n) is 19.1. The highest BCUT2D eigenvalue weighted by Gasteiger charge is 2.41. The fourth-order valence-electron chi connectivity index (χ4n) is 10.2. The molecule has 1 spiro atoms. The minimum atomic E-state index is -4.72. The summed E-state index contributed by atoms with van der Waals surface area (Å²) in [4.78, 5) is 50.4. The number of aliphatic hydroxyl groups is 1. The summed E-state index contributed by atoms with van der Waals surface area (Å²) in [5.41, 5.74) is -0.153. The molecule has 1 aliphatic carbocycles. The predicted octanol–water partition coefficient (Wildman–Crippen LogP) is 4.83. The highest BCUT2D eigenvalue weighted by molar-refractivity contribution is 7.87. The molecule has 6 heterocycles. The van der Waals surface area contributed by atoms with Gasteiger partial charge in [-0.25, -0.2) is 9.97 Å². The number of hydrogen-bond donors (Lipinski definition) is 4. The lowest BCUT2D eigenvalue weighted by atomic mass is 9.71. The van der Waals surface area contributed by atoms with Crippen molar-refractivity contribution in [1.29, 1.82) is 0 Å². The fraction of sp³-hybridized carbons (Fsp3) is 0.636. The normalized spacial score (nSPS) is 24.2. The molecular formula is C44H59F3N10O6S. The lowest BCUT2D eigenvalue weighted by Gasteiger charge is -2.48. The third kappa shape index (κ3) is 10.7. The van der Waals surface area contributed by atoms with Gasteiger partial charge in [-0.1, -0.05) is 12.1 Å². The molecule has 4 N–H and O–H groups in total. The number of amides is 3. The van der Waals surface area contributed by atoms with Crippen LogP contribution >= 0.6 is 0 Å². The first-order valence-electron chi connectivity index (χ1n) is 22.5. The lowest BCUT2D eigenvalue weighted by molar-refractivity contribution is -0.139. The van der Waals surface area contributed by atoms with Gasteiger partial charge in [-0.3, -0.25) is 24.4 Å². The Morgan fingerprint density at radius 2 is 1.61 bits per heavy atom. The average molecular weight is 913 g/mol. The molecule has 348 valence electrons. The number of carbonyl (C=O) groups excluding carboxylic acids is 3. The number of rotatable bonds is 11. The van der Waals surface area contributed by atoms with E-state index in [-0.39, 0.29) is 83.9 Å². The van der Waals surface area contributed by atoms with E-state index in [4.69, 9.17) is 0 Å². The van der Waals surface area contributed by atoms with Crippen LogP contribution in [0, 0.1) is 11.3 Å². The molecule has 0 radical (unpaired) electrons. The molecule has 4 aliphatic heterocycles. The van der Waals surface area contributed by atoms with Gasteiger partial charge in [0.1, 0.15) is 5.56 Å². The molecule has 0 bridgehead atoms. The molecule has 4 saturated heterocycles. The van der Waals surface area contributed by atoms with Gasteiger partial charge in [0, 0.05) is 87.3 Å².